The van der Waals surface area contributed by atoms with E-state index in [0.717, 1.165) is 17.7 Å². The Kier molecular flexibility index (Phi) is 3.35. The van der Waals surface area contributed by atoms with Gasteiger partial charge in [0.15, 0.2) is 0 Å². The number of carboxylic acid groups (broad SMARTS) is 1. The molecule has 0 spiro atoms. The molecule has 1 unspecified atom stereocenters. The topological polar surface area (TPSA) is 57.6 Å². The van der Waals surface area contributed by atoms with E-state index in [4.69, 9.17) is 0 Å². The average Bonchev–Trinajstić information content (AvgIpc) is 2.59. The van der Waals surface area contributed by atoms with E-state index in [1.807, 2.05) is 45.0 Å². The molecular weight excluding hydrogens is 242 g/mol. The summed E-state index contributed by atoms with van der Waals surface area (Å²) >= 11 is 0. The zero-order valence-electron chi connectivity index (χ0n) is 11.5. The number of anilines is 1. The van der Waals surface area contributed by atoms with Gasteiger partial charge in [-0.3, -0.25) is 9.59 Å². The van der Waals surface area contributed by atoms with Gasteiger partial charge in [-0.05, 0) is 31.9 Å². The quantitative estimate of drug-likeness (QED) is 0.909. The van der Waals surface area contributed by atoms with Crippen LogP contribution in [0.3, 0.4) is 0 Å². The Morgan fingerprint density at radius 3 is 2.58 bits per heavy atom. The van der Waals surface area contributed by atoms with Gasteiger partial charge in [0.2, 0.25) is 5.91 Å². The van der Waals surface area contributed by atoms with Crippen molar-refractivity contribution in [2.45, 2.75) is 39.2 Å². The zero-order valence-corrected chi connectivity index (χ0v) is 11.5. The van der Waals surface area contributed by atoms with Gasteiger partial charge in [0.05, 0.1) is 11.5 Å². The monoisotopic (exact) mass is 261 g/mol. The fourth-order valence-electron chi connectivity index (χ4n) is 2.86. The minimum atomic E-state index is -0.908. The van der Waals surface area contributed by atoms with Crippen LogP contribution in [0.25, 0.3) is 0 Å². The molecule has 19 heavy (non-hydrogen) atoms. The molecule has 1 aliphatic rings. The Morgan fingerprint density at radius 1 is 1.42 bits per heavy atom. The summed E-state index contributed by atoms with van der Waals surface area (Å²) in [6.07, 6.45) is 0.883. The summed E-state index contributed by atoms with van der Waals surface area (Å²) in [7, 11) is 0. The highest BCUT2D eigenvalue weighted by molar-refractivity contribution is 6.02. The molecule has 1 amide bonds. The smallest absolute Gasteiger partial charge is 0.309 e. The number of para-hydroxylation sites is 1. The number of aliphatic carboxylic acids is 1. The Hall–Kier alpha value is -1.84. The van der Waals surface area contributed by atoms with Crippen LogP contribution in [0.15, 0.2) is 24.3 Å². The Bertz CT molecular complexity index is 522. The molecule has 2 rings (SSSR count). The van der Waals surface area contributed by atoms with Crippen molar-refractivity contribution in [3.63, 3.8) is 0 Å². The summed E-state index contributed by atoms with van der Waals surface area (Å²) in [4.78, 5) is 25.2. The third-order valence-electron chi connectivity index (χ3n) is 3.97. The molecule has 1 aromatic carbocycles. The molecule has 4 nitrogen and oxygen atoms in total. The number of hydrogen-bond acceptors (Lipinski definition) is 2. The maximum Gasteiger partial charge on any atom is 0.309 e. The zero-order chi connectivity index (χ0) is 14.2. The molecule has 1 aromatic rings. The second kappa shape index (κ2) is 4.68. The molecule has 1 heterocycles. The first kappa shape index (κ1) is 13.6. The molecule has 1 fully saturated rings. The van der Waals surface area contributed by atoms with Gasteiger partial charge in [0.1, 0.15) is 0 Å². The third kappa shape index (κ3) is 2.11. The Balaban J connectivity index is 2.50. The fraction of sp³-hybridized carbons (Fsp3) is 0.467. The van der Waals surface area contributed by atoms with Gasteiger partial charge in [-0.25, -0.2) is 0 Å². The summed E-state index contributed by atoms with van der Waals surface area (Å²) in [5.74, 6) is -1.68. The van der Waals surface area contributed by atoms with Crippen LogP contribution in [0.4, 0.5) is 5.69 Å². The lowest BCUT2D eigenvalue weighted by molar-refractivity contribution is -0.143. The summed E-state index contributed by atoms with van der Waals surface area (Å²) in [5.41, 5.74) is 1.20. The first-order chi connectivity index (χ1) is 8.89. The first-order valence-corrected chi connectivity index (χ1v) is 6.53. The van der Waals surface area contributed by atoms with Gasteiger partial charge in [-0.2, -0.15) is 0 Å². The van der Waals surface area contributed by atoms with Gasteiger partial charge in [0.25, 0.3) is 0 Å². The number of carbonyl (C=O) groups excluding carboxylic acids is 1. The lowest BCUT2D eigenvalue weighted by Crippen LogP contribution is -2.46. The molecule has 102 valence electrons. The van der Waals surface area contributed by atoms with Gasteiger partial charge in [-0.1, -0.05) is 25.1 Å². The predicted octanol–water partition coefficient (Wildman–Crippen LogP) is 2.47. The van der Waals surface area contributed by atoms with Crippen LogP contribution in [0, 0.1) is 5.92 Å². The molecule has 0 radical (unpaired) electrons. The van der Waals surface area contributed by atoms with Crippen molar-refractivity contribution in [3.8, 4) is 0 Å². The summed E-state index contributed by atoms with van der Waals surface area (Å²) in [6.45, 7) is 5.67. The molecule has 4 heteroatoms. The highest BCUT2D eigenvalue weighted by Crippen LogP contribution is 2.40. The van der Waals surface area contributed by atoms with Gasteiger partial charge >= 0.3 is 5.97 Å². The molecule has 1 N–H and O–H groups in total. The minimum absolute atomic E-state index is 0.0698. The maximum atomic E-state index is 12.2. The molecule has 0 aromatic heterocycles. The largest absolute Gasteiger partial charge is 0.481 e. The normalized spacial score (nSPS) is 21.7. The van der Waals surface area contributed by atoms with Crippen LogP contribution in [0.5, 0.6) is 0 Å². The number of hydrogen-bond donors (Lipinski definition) is 1. The lowest BCUT2D eigenvalue weighted by atomic mass is 9.88. The van der Waals surface area contributed by atoms with Gasteiger partial charge in [0, 0.05) is 12.1 Å². The third-order valence-corrected chi connectivity index (χ3v) is 3.97. The number of nitrogens with zero attached hydrogens (tertiary/aromatic N) is 1. The van der Waals surface area contributed by atoms with Crippen molar-refractivity contribution < 1.29 is 14.7 Å². The second-order valence-corrected chi connectivity index (χ2v) is 5.46. The molecule has 1 saturated heterocycles. The van der Waals surface area contributed by atoms with Crippen LogP contribution in [-0.2, 0) is 16.0 Å². The molecule has 0 bridgehead atoms. The molecule has 1 atom stereocenters. The summed E-state index contributed by atoms with van der Waals surface area (Å²) in [5, 5.41) is 9.28. The Morgan fingerprint density at radius 2 is 2.05 bits per heavy atom. The Labute approximate surface area is 113 Å². The van der Waals surface area contributed by atoms with E-state index in [-0.39, 0.29) is 12.3 Å². The predicted molar refractivity (Wildman–Crippen MR) is 73.1 cm³/mol. The number of amides is 1. The van der Waals surface area contributed by atoms with Crippen LogP contribution in [0.2, 0.25) is 0 Å². The summed E-state index contributed by atoms with van der Waals surface area (Å²) < 4.78 is 0. The first-order valence-electron chi connectivity index (χ1n) is 6.53. The van der Waals surface area contributed by atoms with E-state index in [1.165, 1.54) is 0 Å². The maximum absolute atomic E-state index is 12.2. The van der Waals surface area contributed by atoms with Crippen molar-refractivity contribution in [1.29, 1.82) is 0 Å². The van der Waals surface area contributed by atoms with Crippen LogP contribution >= 0.6 is 0 Å². The number of rotatable bonds is 3. The fourth-order valence-corrected chi connectivity index (χ4v) is 2.86. The number of carboxylic acids is 1. The van der Waals surface area contributed by atoms with Crippen LogP contribution in [-0.4, -0.2) is 22.5 Å². The number of aryl methyl sites for hydroxylation is 1. The van der Waals surface area contributed by atoms with Gasteiger partial charge < -0.3 is 10.0 Å². The van der Waals surface area contributed by atoms with Crippen molar-refractivity contribution in [2.24, 2.45) is 5.92 Å². The highest BCUT2D eigenvalue weighted by Gasteiger charge is 2.50. The molecule has 0 saturated carbocycles. The molecule has 0 aliphatic carbocycles. The lowest BCUT2D eigenvalue weighted by Gasteiger charge is -2.35. The molecule has 1 aliphatic heterocycles. The summed E-state index contributed by atoms with van der Waals surface area (Å²) in [6, 6.07) is 7.69. The van der Waals surface area contributed by atoms with Crippen molar-refractivity contribution in [3.05, 3.63) is 29.8 Å². The van der Waals surface area contributed by atoms with E-state index in [1.54, 1.807) is 4.90 Å². The van der Waals surface area contributed by atoms with E-state index in [0.29, 0.717) is 0 Å². The van der Waals surface area contributed by atoms with E-state index in [2.05, 4.69) is 0 Å². The number of carbonyl (C=O) groups is 2. The van der Waals surface area contributed by atoms with Crippen molar-refractivity contribution >= 4 is 17.6 Å². The SMILES string of the molecule is CCc1ccccc1N1C(=O)CC(C(=O)O)C1(C)C. The van der Waals surface area contributed by atoms with Crippen molar-refractivity contribution in [2.75, 3.05) is 4.90 Å². The second-order valence-electron chi connectivity index (χ2n) is 5.46. The van der Waals surface area contributed by atoms with Crippen LogP contribution < -0.4 is 4.90 Å². The van der Waals surface area contributed by atoms with Crippen molar-refractivity contribution in [1.82, 2.24) is 0 Å². The highest BCUT2D eigenvalue weighted by atomic mass is 16.4. The minimum Gasteiger partial charge on any atom is -0.481 e. The van der Waals surface area contributed by atoms with Crippen LogP contribution in [0.1, 0.15) is 32.8 Å². The molecular formula is C15H19NO3. The van der Waals surface area contributed by atoms with E-state index < -0.39 is 17.4 Å². The van der Waals surface area contributed by atoms with E-state index >= 15 is 0 Å². The standard InChI is InChI=1S/C15H19NO3/c1-4-10-7-5-6-8-12(10)16-13(17)9-11(14(18)19)15(16,2)3/h5-8,11H,4,9H2,1-3H3,(H,18,19). The van der Waals surface area contributed by atoms with E-state index in [9.17, 15) is 14.7 Å². The number of benzene rings is 1. The average molecular weight is 261 g/mol. The van der Waals surface area contributed by atoms with Gasteiger partial charge in [-0.15, -0.1) is 0 Å².